The van der Waals surface area contributed by atoms with Crippen molar-refractivity contribution in [2.75, 3.05) is 0 Å². The van der Waals surface area contributed by atoms with Crippen LogP contribution in [-0.2, 0) is 23.6 Å². The number of hydrogen-bond donors (Lipinski definition) is 6. The van der Waals surface area contributed by atoms with E-state index in [0.29, 0.717) is 0 Å². The minimum absolute atomic E-state index is 0. The zero-order chi connectivity index (χ0) is 21.0. The summed E-state index contributed by atoms with van der Waals surface area (Å²) < 4.78 is 0. The van der Waals surface area contributed by atoms with E-state index in [9.17, 15) is 0 Å². The van der Waals surface area contributed by atoms with Gasteiger partial charge in [-0.15, -0.1) is 0 Å². The van der Waals surface area contributed by atoms with E-state index >= 15 is 0 Å². The van der Waals surface area contributed by atoms with E-state index in [0.717, 1.165) is 21.2 Å². The first-order valence-electron chi connectivity index (χ1n) is 6.60. The number of benzene rings is 2. The Morgan fingerprint density at radius 3 is 0.926 bits per heavy atom. The number of hydrogen-bond acceptors (Lipinski definition) is 2. The van der Waals surface area contributed by atoms with Crippen LogP contribution in [0, 0.1) is 13.8 Å². The van der Waals surface area contributed by atoms with Gasteiger partial charge in [0.1, 0.15) is 0 Å². The maximum atomic E-state index is 7.56. The van der Waals surface area contributed by atoms with E-state index in [1.165, 1.54) is 0 Å². The van der Waals surface area contributed by atoms with Gasteiger partial charge in [0.2, 0.25) is 0 Å². The molecule has 0 atom stereocenters. The fourth-order valence-electron chi connectivity index (χ4n) is 1.10. The average molecular weight is 505 g/mol. The molecule has 0 unspecified atom stereocenters. The molecule has 0 radical (unpaired) electrons. The first-order valence-corrected chi connectivity index (χ1v) is 12.7. The predicted octanol–water partition coefficient (Wildman–Crippen LogP) is 3.02. The van der Waals surface area contributed by atoms with Crippen LogP contribution in [0.4, 0.5) is 0 Å². The SMILES string of the molecule is Cc1ccccc1Cl.Cc1ccccc1Cl.OP(O)(O)=S.OP(O)(O)=S.[NaH]. The van der Waals surface area contributed by atoms with Gasteiger partial charge in [-0.25, -0.2) is 0 Å². The van der Waals surface area contributed by atoms with Crippen molar-refractivity contribution < 1.29 is 29.4 Å². The fraction of sp³-hybridized carbons (Fsp3) is 0.143. The Hall–Kier alpha value is 1.08. The molecule has 13 heteroatoms. The summed E-state index contributed by atoms with van der Waals surface area (Å²) in [5.74, 6) is 0. The van der Waals surface area contributed by atoms with Crippen LogP contribution < -0.4 is 0 Å². The molecule has 0 heterocycles. The molecule has 0 aliphatic rings. The van der Waals surface area contributed by atoms with Crippen LogP contribution in [0.2, 0.25) is 10.0 Å². The third kappa shape index (κ3) is 32.0. The van der Waals surface area contributed by atoms with Gasteiger partial charge in [-0.2, -0.15) is 0 Å². The van der Waals surface area contributed by atoms with Crippen molar-refractivity contribution in [2.24, 2.45) is 0 Å². The Kier molecular flexibility index (Phi) is 20.4. The molecule has 0 spiro atoms. The van der Waals surface area contributed by atoms with Crippen molar-refractivity contribution in [3.63, 3.8) is 0 Å². The van der Waals surface area contributed by atoms with E-state index in [1.807, 2.05) is 62.4 Å². The molecule has 150 valence electrons. The third-order valence-electron chi connectivity index (χ3n) is 2.15. The number of halogens is 2. The predicted molar refractivity (Wildman–Crippen MR) is 121 cm³/mol. The van der Waals surface area contributed by atoms with Gasteiger partial charge in [0.05, 0.1) is 0 Å². The summed E-state index contributed by atoms with van der Waals surface area (Å²) in [5.41, 5.74) is 2.27. The molecule has 0 fully saturated rings. The minimum atomic E-state index is -3.81. The van der Waals surface area contributed by atoms with Crippen LogP contribution in [0.5, 0.6) is 0 Å². The van der Waals surface area contributed by atoms with E-state index in [-0.39, 0.29) is 29.6 Å². The molecule has 0 aliphatic heterocycles. The van der Waals surface area contributed by atoms with E-state index in [1.54, 1.807) is 0 Å². The van der Waals surface area contributed by atoms with Crippen molar-refractivity contribution in [3.05, 3.63) is 69.7 Å². The van der Waals surface area contributed by atoms with Crippen molar-refractivity contribution in [2.45, 2.75) is 13.8 Å². The summed E-state index contributed by atoms with van der Waals surface area (Å²) in [4.78, 5) is 45.3. The molecule has 0 saturated heterocycles. The summed E-state index contributed by atoms with van der Waals surface area (Å²) in [6.45, 7) is -3.63. The van der Waals surface area contributed by atoms with Crippen LogP contribution in [0.15, 0.2) is 48.5 Å². The molecule has 2 aromatic rings. The van der Waals surface area contributed by atoms with Crippen LogP contribution >= 0.6 is 36.6 Å². The monoisotopic (exact) mass is 504 g/mol. The normalized spacial score (nSPS) is 9.85. The van der Waals surface area contributed by atoms with E-state index in [2.05, 4.69) is 23.6 Å². The fourth-order valence-corrected chi connectivity index (χ4v) is 1.37. The standard InChI is InChI=1S/2C7H7Cl.Na.2H3O3PS.H/c2*1-6-4-2-3-5-7(6)8;;2*1-4(2,3)5;/h2*2-5H,1H3;;2*(H3,1,2,3,5);. The molecule has 0 saturated carbocycles. The van der Waals surface area contributed by atoms with Crippen LogP contribution in [0.25, 0.3) is 0 Å². The van der Waals surface area contributed by atoms with Gasteiger partial charge in [-0.3, -0.25) is 0 Å². The quantitative estimate of drug-likeness (QED) is 0.239. The van der Waals surface area contributed by atoms with Gasteiger partial charge in [-0.1, -0.05) is 59.6 Å². The van der Waals surface area contributed by atoms with Crippen molar-refractivity contribution in [1.82, 2.24) is 0 Å². The molecule has 0 aromatic heterocycles. The van der Waals surface area contributed by atoms with Gasteiger partial charge >= 0.3 is 43.0 Å². The third-order valence-corrected chi connectivity index (χ3v) is 3.00. The average Bonchev–Trinajstić information content (AvgIpc) is 2.43. The van der Waals surface area contributed by atoms with Crippen molar-refractivity contribution >= 4 is 89.8 Å². The Balaban J connectivity index is -0.000000289. The Bertz CT molecular complexity index is 636. The summed E-state index contributed by atoms with van der Waals surface area (Å²) >= 11 is 18.6. The van der Waals surface area contributed by atoms with Crippen molar-refractivity contribution in [3.8, 4) is 0 Å². The Morgan fingerprint density at radius 2 is 0.815 bits per heavy atom. The molecule has 0 aliphatic carbocycles. The molecule has 2 rings (SSSR count). The second kappa shape index (κ2) is 16.8. The van der Waals surface area contributed by atoms with Gasteiger partial charge in [0, 0.05) is 10.0 Å². The van der Waals surface area contributed by atoms with Crippen LogP contribution in [0.1, 0.15) is 11.1 Å². The van der Waals surface area contributed by atoms with Gasteiger partial charge in [-0.05, 0) is 60.7 Å². The Morgan fingerprint density at radius 1 is 0.630 bits per heavy atom. The first-order chi connectivity index (χ1) is 11.6. The zero-order valence-electron chi connectivity index (χ0n) is 13.8. The molecule has 27 heavy (non-hydrogen) atoms. The number of aryl methyl sites for hydroxylation is 2. The first kappa shape index (κ1) is 32.7. The van der Waals surface area contributed by atoms with Gasteiger partial charge < -0.3 is 29.4 Å². The van der Waals surface area contributed by atoms with Gasteiger partial charge in [0.25, 0.3) is 0 Å². The second-order valence-electron chi connectivity index (χ2n) is 4.52. The summed E-state index contributed by atoms with van der Waals surface area (Å²) in [6.07, 6.45) is 0. The van der Waals surface area contributed by atoms with Gasteiger partial charge in [0.15, 0.2) is 0 Å². The summed E-state index contributed by atoms with van der Waals surface area (Å²) in [7, 11) is 0. The van der Waals surface area contributed by atoms with Crippen LogP contribution in [0.3, 0.4) is 0 Å². The maximum absolute atomic E-state index is 7.56. The molecular weight excluding hydrogens is 484 g/mol. The Labute approximate surface area is 201 Å². The van der Waals surface area contributed by atoms with Crippen LogP contribution in [-0.4, -0.2) is 58.9 Å². The second-order valence-corrected chi connectivity index (χ2v) is 10.3. The van der Waals surface area contributed by atoms with Crippen molar-refractivity contribution in [1.29, 1.82) is 0 Å². The molecule has 2 aromatic carbocycles. The molecule has 0 amide bonds. The summed E-state index contributed by atoms with van der Waals surface area (Å²) in [5, 5.41) is 1.68. The molecule has 0 bridgehead atoms. The molecule has 6 nitrogen and oxygen atoms in total. The topological polar surface area (TPSA) is 121 Å². The van der Waals surface area contributed by atoms with E-state index < -0.39 is 13.4 Å². The number of rotatable bonds is 0. The van der Waals surface area contributed by atoms with E-state index in [4.69, 9.17) is 52.6 Å². The summed E-state index contributed by atoms with van der Waals surface area (Å²) in [6, 6.07) is 15.5. The zero-order valence-corrected chi connectivity index (χ0v) is 18.7. The molecule has 6 N–H and O–H groups in total. The molecular formula is C14H21Cl2NaO6P2S2.